The Morgan fingerprint density at radius 2 is 2.15 bits per heavy atom. The van der Waals surface area contributed by atoms with Crippen LogP contribution in [0.2, 0.25) is 0 Å². The summed E-state index contributed by atoms with van der Waals surface area (Å²) in [4.78, 5) is 2.55. The first-order valence-corrected chi connectivity index (χ1v) is 7.57. The van der Waals surface area contributed by atoms with Gasteiger partial charge < -0.3 is 5.32 Å². The van der Waals surface area contributed by atoms with E-state index in [1.54, 1.807) is 0 Å². The predicted molar refractivity (Wildman–Crippen MR) is 82.7 cm³/mol. The Hall–Kier alpha value is -1.39. The highest BCUT2D eigenvalue weighted by Crippen LogP contribution is 2.21. The molecule has 1 aliphatic heterocycles. The van der Waals surface area contributed by atoms with Crippen molar-refractivity contribution in [3.05, 3.63) is 30.0 Å². The van der Waals surface area contributed by atoms with Crippen molar-refractivity contribution in [3.63, 3.8) is 0 Å². The van der Waals surface area contributed by atoms with Crippen LogP contribution in [0.15, 0.2) is 24.3 Å². The average Bonchev–Trinajstić information content (AvgIpc) is 2.78. The average molecular weight is 272 g/mol. The van der Waals surface area contributed by atoms with Crippen molar-refractivity contribution in [2.24, 2.45) is 7.05 Å². The zero-order valence-electron chi connectivity index (χ0n) is 12.6. The summed E-state index contributed by atoms with van der Waals surface area (Å²) in [5.41, 5.74) is 2.42. The number of rotatable bonds is 3. The number of aryl methyl sites for hydroxylation is 1. The number of piperazine rings is 1. The quantitative estimate of drug-likeness (QED) is 0.929. The molecule has 3 rings (SSSR count). The molecule has 1 aliphatic rings. The molecule has 0 amide bonds. The van der Waals surface area contributed by atoms with Crippen molar-refractivity contribution in [1.82, 2.24) is 20.0 Å². The highest BCUT2D eigenvalue weighted by molar-refractivity contribution is 5.81. The molecule has 0 saturated carbocycles. The van der Waals surface area contributed by atoms with E-state index >= 15 is 0 Å². The third-order valence-corrected chi connectivity index (χ3v) is 4.46. The Labute approximate surface area is 120 Å². The number of fused-ring (bicyclic) bond motifs is 1. The van der Waals surface area contributed by atoms with Gasteiger partial charge >= 0.3 is 0 Å². The number of hydrogen-bond donors (Lipinski definition) is 1. The second-order valence-corrected chi connectivity index (χ2v) is 5.88. The normalized spacial score (nSPS) is 24.4. The minimum Gasteiger partial charge on any atom is -0.311 e. The van der Waals surface area contributed by atoms with Crippen LogP contribution < -0.4 is 5.32 Å². The van der Waals surface area contributed by atoms with Gasteiger partial charge in [0.1, 0.15) is 0 Å². The predicted octanol–water partition coefficient (Wildman–Crippen LogP) is 2.15. The van der Waals surface area contributed by atoms with Gasteiger partial charge in [0.15, 0.2) is 0 Å². The van der Waals surface area contributed by atoms with Crippen LogP contribution in [-0.4, -0.2) is 39.9 Å². The molecule has 0 aliphatic carbocycles. The minimum absolute atomic E-state index is 0.568. The number of benzene rings is 1. The van der Waals surface area contributed by atoms with E-state index in [0.717, 1.165) is 19.6 Å². The van der Waals surface area contributed by atoms with Crippen LogP contribution in [0.1, 0.15) is 26.0 Å². The maximum atomic E-state index is 4.72. The van der Waals surface area contributed by atoms with Gasteiger partial charge in [0, 0.05) is 44.2 Å². The summed E-state index contributed by atoms with van der Waals surface area (Å²) >= 11 is 0. The molecule has 4 nitrogen and oxygen atoms in total. The first kappa shape index (κ1) is 13.6. The van der Waals surface area contributed by atoms with Crippen LogP contribution in [0, 0.1) is 0 Å². The van der Waals surface area contributed by atoms with E-state index in [1.807, 2.05) is 11.7 Å². The Bertz CT molecular complexity index is 589. The summed E-state index contributed by atoms with van der Waals surface area (Å²) in [7, 11) is 2.03. The second-order valence-electron chi connectivity index (χ2n) is 5.88. The standard InChI is InChI=1S/C16H24N4/c1-4-13-10-20(12(2)9-17-13)11-15-14-7-5-6-8-16(14)19(3)18-15/h5-8,12-13,17H,4,9-11H2,1-3H3. The third-order valence-electron chi connectivity index (χ3n) is 4.46. The Morgan fingerprint density at radius 3 is 2.95 bits per heavy atom. The van der Waals surface area contributed by atoms with Crippen molar-refractivity contribution in [2.75, 3.05) is 13.1 Å². The molecule has 1 aromatic carbocycles. The molecule has 0 bridgehead atoms. The van der Waals surface area contributed by atoms with E-state index in [2.05, 4.69) is 48.3 Å². The Morgan fingerprint density at radius 1 is 1.35 bits per heavy atom. The lowest BCUT2D eigenvalue weighted by Gasteiger charge is -2.38. The first-order valence-electron chi connectivity index (χ1n) is 7.57. The molecule has 2 atom stereocenters. The molecule has 1 N–H and O–H groups in total. The van der Waals surface area contributed by atoms with Crippen LogP contribution >= 0.6 is 0 Å². The number of nitrogens with zero attached hydrogens (tertiary/aromatic N) is 3. The molecule has 2 unspecified atom stereocenters. The van der Waals surface area contributed by atoms with Gasteiger partial charge in [0.25, 0.3) is 0 Å². The van der Waals surface area contributed by atoms with Crippen LogP contribution in [0.4, 0.5) is 0 Å². The fourth-order valence-corrected chi connectivity index (χ4v) is 3.09. The molecule has 0 spiro atoms. The monoisotopic (exact) mass is 272 g/mol. The molecule has 0 radical (unpaired) electrons. The molecule has 1 fully saturated rings. The molecule has 2 heterocycles. The zero-order valence-corrected chi connectivity index (χ0v) is 12.6. The Kier molecular flexibility index (Phi) is 3.76. The number of aromatic nitrogens is 2. The van der Waals surface area contributed by atoms with E-state index in [9.17, 15) is 0 Å². The lowest BCUT2D eigenvalue weighted by Crippen LogP contribution is -2.54. The van der Waals surface area contributed by atoms with Gasteiger partial charge in [-0.2, -0.15) is 5.10 Å². The highest BCUT2D eigenvalue weighted by Gasteiger charge is 2.25. The minimum atomic E-state index is 0.568. The van der Waals surface area contributed by atoms with Crippen molar-refractivity contribution in [1.29, 1.82) is 0 Å². The topological polar surface area (TPSA) is 33.1 Å². The molecule has 2 aromatic rings. The van der Waals surface area contributed by atoms with Gasteiger partial charge in [-0.25, -0.2) is 0 Å². The SMILES string of the molecule is CCC1CN(Cc2nn(C)c3ccccc23)C(C)CN1. The largest absolute Gasteiger partial charge is 0.311 e. The number of hydrogen-bond acceptors (Lipinski definition) is 3. The van der Waals surface area contributed by atoms with Crippen molar-refractivity contribution in [2.45, 2.75) is 38.9 Å². The van der Waals surface area contributed by atoms with Gasteiger partial charge in [-0.3, -0.25) is 9.58 Å². The van der Waals surface area contributed by atoms with Crippen LogP contribution in [0.25, 0.3) is 10.9 Å². The molecular formula is C16H24N4. The lowest BCUT2D eigenvalue weighted by atomic mass is 10.1. The van der Waals surface area contributed by atoms with E-state index in [4.69, 9.17) is 5.10 Å². The van der Waals surface area contributed by atoms with Crippen molar-refractivity contribution >= 4 is 10.9 Å². The summed E-state index contributed by atoms with van der Waals surface area (Å²) in [6, 6.07) is 9.68. The van der Waals surface area contributed by atoms with E-state index in [0.29, 0.717) is 12.1 Å². The van der Waals surface area contributed by atoms with Gasteiger partial charge in [-0.1, -0.05) is 25.1 Å². The van der Waals surface area contributed by atoms with Gasteiger partial charge in [-0.05, 0) is 19.4 Å². The van der Waals surface area contributed by atoms with E-state index in [-0.39, 0.29) is 0 Å². The molecule has 4 heteroatoms. The molecule has 1 saturated heterocycles. The van der Waals surface area contributed by atoms with Crippen molar-refractivity contribution in [3.8, 4) is 0 Å². The van der Waals surface area contributed by atoms with Crippen molar-refractivity contribution < 1.29 is 0 Å². The second kappa shape index (κ2) is 5.54. The first-order chi connectivity index (χ1) is 9.69. The molecule has 1 aromatic heterocycles. The fraction of sp³-hybridized carbons (Fsp3) is 0.562. The highest BCUT2D eigenvalue weighted by atomic mass is 15.3. The maximum Gasteiger partial charge on any atom is 0.0843 e. The third kappa shape index (κ3) is 2.45. The zero-order chi connectivity index (χ0) is 14.1. The van der Waals surface area contributed by atoms with Gasteiger partial charge in [-0.15, -0.1) is 0 Å². The summed E-state index contributed by atoms with van der Waals surface area (Å²) in [5.74, 6) is 0. The fourth-order valence-electron chi connectivity index (χ4n) is 3.09. The Balaban J connectivity index is 1.85. The molecular weight excluding hydrogens is 248 g/mol. The summed E-state index contributed by atoms with van der Waals surface area (Å²) in [5, 5.41) is 9.62. The number of para-hydroxylation sites is 1. The lowest BCUT2D eigenvalue weighted by molar-refractivity contribution is 0.130. The summed E-state index contributed by atoms with van der Waals surface area (Å²) in [6.45, 7) is 7.68. The molecule has 20 heavy (non-hydrogen) atoms. The summed E-state index contributed by atoms with van der Waals surface area (Å²) in [6.07, 6.45) is 1.19. The summed E-state index contributed by atoms with van der Waals surface area (Å²) < 4.78 is 1.99. The van der Waals surface area contributed by atoms with Gasteiger partial charge in [0.05, 0.1) is 11.2 Å². The van der Waals surface area contributed by atoms with Crippen LogP contribution in [0.3, 0.4) is 0 Å². The van der Waals surface area contributed by atoms with Gasteiger partial charge in [0.2, 0.25) is 0 Å². The van der Waals surface area contributed by atoms with Crippen LogP contribution in [-0.2, 0) is 13.6 Å². The smallest absolute Gasteiger partial charge is 0.0843 e. The maximum absolute atomic E-state index is 4.72. The van der Waals surface area contributed by atoms with E-state index in [1.165, 1.54) is 23.0 Å². The molecule has 108 valence electrons. The van der Waals surface area contributed by atoms with Crippen LogP contribution in [0.5, 0.6) is 0 Å². The van der Waals surface area contributed by atoms with E-state index < -0.39 is 0 Å². The number of nitrogens with one attached hydrogen (secondary N) is 1.